The van der Waals surface area contributed by atoms with Crippen molar-refractivity contribution in [2.45, 2.75) is 30.5 Å². The molecule has 0 aromatic rings. The number of alkyl halides is 12. The Morgan fingerprint density at radius 1 is 0.742 bits per heavy atom. The SMILES string of the molecule is O=S(=O)(CC(C(F)(F)F)(C(F)(F)F)C(F)(F)F)/C(=C1\C=CC=CC1)S(=O)(=O)C(F)(F)F. The minimum absolute atomic E-state index is 0.284. The molecule has 18 heteroatoms. The maximum Gasteiger partial charge on any atom is 0.502 e. The van der Waals surface area contributed by atoms with E-state index >= 15 is 0 Å². The third-order valence-electron chi connectivity index (χ3n) is 3.83. The van der Waals surface area contributed by atoms with Crippen LogP contribution >= 0.6 is 0 Å². The summed E-state index contributed by atoms with van der Waals surface area (Å²) in [5, 5.41) is 0. The van der Waals surface area contributed by atoms with Gasteiger partial charge in [0, 0.05) is 0 Å². The summed E-state index contributed by atoms with van der Waals surface area (Å²) >= 11 is 0. The van der Waals surface area contributed by atoms with E-state index in [1.807, 2.05) is 0 Å². The first-order valence-corrected chi connectivity index (χ1v) is 10.4. The van der Waals surface area contributed by atoms with Gasteiger partial charge in [0.2, 0.25) is 0 Å². The fourth-order valence-corrected chi connectivity index (χ4v) is 6.63. The van der Waals surface area contributed by atoms with Gasteiger partial charge in [0.15, 0.2) is 14.1 Å². The zero-order chi connectivity index (χ0) is 24.9. The van der Waals surface area contributed by atoms with Crippen molar-refractivity contribution >= 4 is 19.7 Å². The van der Waals surface area contributed by atoms with E-state index in [2.05, 4.69) is 0 Å². The number of allylic oxidation sites excluding steroid dienone is 5. The topological polar surface area (TPSA) is 68.3 Å². The summed E-state index contributed by atoms with van der Waals surface area (Å²) in [7, 11) is -14.2. The monoisotopic (exact) mass is 520 g/mol. The summed E-state index contributed by atoms with van der Waals surface area (Å²) in [6.45, 7) is 0. The Labute approximate surface area is 165 Å². The zero-order valence-corrected chi connectivity index (χ0v) is 15.8. The van der Waals surface area contributed by atoms with Crippen molar-refractivity contribution in [1.82, 2.24) is 0 Å². The van der Waals surface area contributed by atoms with Crippen LogP contribution in [0.25, 0.3) is 0 Å². The van der Waals surface area contributed by atoms with E-state index in [4.69, 9.17) is 0 Å². The van der Waals surface area contributed by atoms with Gasteiger partial charge >= 0.3 is 24.0 Å². The molecule has 0 heterocycles. The smallest absolute Gasteiger partial charge is 0.223 e. The molecular weight excluding hydrogens is 512 g/mol. The summed E-state index contributed by atoms with van der Waals surface area (Å²) in [6.07, 6.45) is -20.7. The van der Waals surface area contributed by atoms with Crippen molar-refractivity contribution in [1.29, 1.82) is 0 Å². The molecule has 0 radical (unpaired) electrons. The number of halogens is 12. The van der Waals surface area contributed by atoms with E-state index < -0.39 is 71.1 Å². The predicted octanol–water partition coefficient (Wildman–Crippen LogP) is 4.74. The molecule has 0 aromatic heterocycles. The van der Waals surface area contributed by atoms with Crippen molar-refractivity contribution in [3.8, 4) is 0 Å². The lowest BCUT2D eigenvalue weighted by Gasteiger charge is -2.38. The van der Waals surface area contributed by atoms with Crippen LogP contribution in [0, 0.1) is 5.41 Å². The Hall–Kier alpha value is -1.72. The molecule has 0 fully saturated rings. The number of sulfone groups is 2. The average molecular weight is 520 g/mol. The van der Waals surface area contributed by atoms with E-state index in [0.717, 1.165) is 12.2 Å². The number of hydrogen-bond donors (Lipinski definition) is 0. The highest BCUT2D eigenvalue weighted by molar-refractivity contribution is 8.14. The Balaban J connectivity index is 4.04. The van der Waals surface area contributed by atoms with Crippen LogP contribution in [-0.2, 0) is 19.7 Å². The second kappa shape index (κ2) is 7.70. The predicted molar refractivity (Wildman–Crippen MR) is 79.3 cm³/mol. The molecule has 1 aliphatic rings. The lowest BCUT2D eigenvalue weighted by molar-refractivity contribution is -0.418. The fraction of sp³-hybridized carbons (Fsp3) is 0.538. The molecule has 0 amide bonds. The molecule has 0 aromatic carbocycles. The standard InChI is InChI=1S/C13H8F12O4S2/c14-10(15,16)9(11(17,18)19,12(20,21)22)6-30(26,27)8(7-4-2-1-3-5-7)31(28,29)13(23,24)25/h1-4H,5-6H2/b8-7-. The average Bonchev–Trinajstić information content (AvgIpc) is 2.48. The molecule has 180 valence electrons. The molecule has 0 bridgehead atoms. The van der Waals surface area contributed by atoms with Gasteiger partial charge in [-0.15, -0.1) is 0 Å². The van der Waals surface area contributed by atoms with Gasteiger partial charge in [-0.1, -0.05) is 24.3 Å². The van der Waals surface area contributed by atoms with Crippen molar-refractivity contribution < 1.29 is 69.5 Å². The summed E-state index contributed by atoms with van der Waals surface area (Å²) < 4.78 is 201. The second-order valence-corrected chi connectivity index (χ2v) is 9.97. The molecule has 0 N–H and O–H groups in total. The van der Waals surface area contributed by atoms with Crippen LogP contribution in [0.3, 0.4) is 0 Å². The van der Waals surface area contributed by atoms with E-state index in [1.165, 1.54) is 0 Å². The third-order valence-corrected chi connectivity index (χ3v) is 8.25. The lowest BCUT2D eigenvalue weighted by atomic mass is 9.88. The van der Waals surface area contributed by atoms with Gasteiger partial charge in [0.1, 0.15) is 0 Å². The largest absolute Gasteiger partial charge is 0.502 e. The minimum Gasteiger partial charge on any atom is -0.223 e. The highest BCUT2D eigenvalue weighted by Gasteiger charge is 2.85. The van der Waals surface area contributed by atoms with Crippen LogP contribution in [0.15, 0.2) is 34.1 Å². The van der Waals surface area contributed by atoms with Gasteiger partial charge in [-0.3, -0.25) is 0 Å². The second-order valence-electron chi connectivity index (χ2n) is 5.91. The number of hydrogen-bond acceptors (Lipinski definition) is 4. The van der Waals surface area contributed by atoms with E-state index in [0.29, 0.717) is 6.08 Å². The summed E-state index contributed by atoms with van der Waals surface area (Å²) in [5.41, 5.74) is -15.1. The summed E-state index contributed by atoms with van der Waals surface area (Å²) in [5.74, 6) is -4.11. The van der Waals surface area contributed by atoms with E-state index in [-0.39, 0.29) is 6.08 Å². The van der Waals surface area contributed by atoms with E-state index in [9.17, 15) is 69.5 Å². The van der Waals surface area contributed by atoms with Gasteiger partial charge < -0.3 is 0 Å². The molecule has 31 heavy (non-hydrogen) atoms. The van der Waals surface area contributed by atoms with Gasteiger partial charge in [-0.2, -0.15) is 52.7 Å². The van der Waals surface area contributed by atoms with Crippen LogP contribution in [0.2, 0.25) is 0 Å². The minimum atomic E-state index is -7.43. The van der Waals surface area contributed by atoms with Gasteiger partial charge in [-0.05, 0) is 12.0 Å². The maximum atomic E-state index is 13.0. The van der Waals surface area contributed by atoms with Crippen LogP contribution in [0.4, 0.5) is 52.7 Å². The highest BCUT2D eigenvalue weighted by Crippen LogP contribution is 2.60. The molecule has 0 unspecified atom stereocenters. The first-order valence-electron chi connectivity index (χ1n) is 7.24. The number of rotatable bonds is 4. The molecule has 0 spiro atoms. The maximum absolute atomic E-state index is 13.0. The lowest BCUT2D eigenvalue weighted by Crippen LogP contribution is -2.63. The first-order chi connectivity index (χ1) is 13.4. The summed E-state index contributed by atoms with van der Waals surface area (Å²) in [6, 6.07) is 0. The van der Waals surface area contributed by atoms with Crippen LogP contribution < -0.4 is 0 Å². The Kier molecular flexibility index (Phi) is 6.78. The van der Waals surface area contributed by atoms with Crippen molar-refractivity contribution in [2.24, 2.45) is 5.41 Å². The van der Waals surface area contributed by atoms with Gasteiger partial charge in [0.05, 0.1) is 5.75 Å². The Morgan fingerprint density at radius 3 is 1.45 bits per heavy atom. The van der Waals surface area contributed by atoms with Crippen LogP contribution in [-0.4, -0.2) is 46.6 Å². The fourth-order valence-electron chi connectivity index (χ4n) is 2.39. The van der Waals surface area contributed by atoms with Crippen molar-refractivity contribution in [3.05, 3.63) is 34.1 Å². The summed E-state index contributed by atoms with van der Waals surface area (Å²) in [4.78, 5) is 0. The normalized spacial score (nSPS) is 19.0. The molecule has 1 aliphatic carbocycles. The van der Waals surface area contributed by atoms with Crippen molar-refractivity contribution in [3.63, 3.8) is 0 Å². The molecule has 4 nitrogen and oxygen atoms in total. The van der Waals surface area contributed by atoms with E-state index in [1.54, 1.807) is 0 Å². The molecular formula is C13H8F12O4S2. The van der Waals surface area contributed by atoms with Gasteiger partial charge in [0.25, 0.3) is 15.3 Å². The Morgan fingerprint density at radius 2 is 1.16 bits per heavy atom. The van der Waals surface area contributed by atoms with Crippen molar-refractivity contribution in [2.75, 3.05) is 5.75 Å². The molecule has 0 saturated carbocycles. The highest BCUT2D eigenvalue weighted by atomic mass is 32.3. The quantitative estimate of drug-likeness (QED) is 0.503. The first kappa shape index (κ1) is 27.3. The molecule has 0 saturated heterocycles. The molecule has 0 aliphatic heterocycles. The molecule has 0 atom stereocenters. The van der Waals surface area contributed by atoms with Gasteiger partial charge in [-0.25, -0.2) is 16.8 Å². The zero-order valence-electron chi connectivity index (χ0n) is 14.2. The third kappa shape index (κ3) is 4.73. The molecule has 1 rings (SSSR count). The Bertz CT molecular complexity index is 967. The van der Waals surface area contributed by atoms with Crippen LogP contribution in [0.1, 0.15) is 6.42 Å². The van der Waals surface area contributed by atoms with Crippen LogP contribution in [0.5, 0.6) is 0 Å².